The Hall–Kier alpha value is -0.430. The third kappa shape index (κ3) is 2.82. The third-order valence-electron chi connectivity index (χ3n) is 1.76. The number of aromatic nitrogens is 1. The first kappa shape index (κ1) is 13.6. The van der Waals surface area contributed by atoms with Crippen molar-refractivity contribution in [2.24, 2.45) is 0 Å². The van der Waals surface area contributed by atoms with Gasteiger partial charge in [-0.05, 0) is 6.07 Å². The van der Waals surface area contributed by atoms with Crippen molar-refractivity contribution in [1.29, 1.82) is 0 Å². The van der Waals surface area contributed by atoms with Crippen LogP contribution in [-0.2, 0) is 11.5 Å². The monoisotopic (exact) mass is 323 g/mol. The van der Waals surface area contributed by atoms with Crippen LogP contribution < -0.4 is 0 Å². The molecule has 0 aromatic carbocycles. The molecule has 0 aliphatic rings. The smallest absolute Gasteiger partial charge is 0.240 e. The predicted molar refractivity (Wildman–Crippen MR) is 51.8 cm³/mol. The Labute approximate surface area is 101 Å². The van der Waals surface area contributed by atoms with E-state index in [1.807, 2.05) is 0 Å². The summed E-state index contributed by atoms with van der Waals surface area (Å²) in [6, 6.07) is 0.398. The van der Waals surface area contributed by atoms with E-state index >= 15 is 0 Å². The summed E-state index contributed by atoms with van der Waals surface area (Å²) < 4.78 is 62.5. The van der Waals surface area contributed by atoms with Gasteiger partial charge in [-0.1, -0.05) is 27.5 Å². The Balaban J connectivity index is 3.51. The van der Waals surface area contributed by atoms with Gasteiger partial charge in [-0.15, -0.1) is 0 Å². The average molecular weight is 324 g/mol. The lowest BCUT2D eigenvalue weighted by molar-refractivity contribution is -0.139. The van der Waals surface area contributed by atoms with E-state index in [1.165, 1.54) is 0 Å². The Morgan fingerprint density at radius 3 is 2.31 bits per heavy atom. The maximum Gasteiger partial charge on any atom is 0.417 e. The molecule has 0 saturated heterocycles. The summed E-state index contributed by atoms with van der Waals surface area (Å²) in [5.74, 6) is 0. The van der Waals surface area contributed by atoms with E-state index in [2.05, 4.69) is 20.9 Å². The molecule has 0 amide bonds. The van der Waals surface area contributed by atoms with Crippen LogP contribution in [0.1, 0.15) is 23.2 Å². The molecule has 1 heterocycles. The van der Waals surface area contributed by atoms with Crippen LogP contribution >= 0.6 is 27.5 Å². The van der Waals surface area contributed by atoms with Gasteiger partial charge in [0.25, 0.3) is 6.43 Å². The Bertz CT molecular complexity index is 393. The molecule has 0 saturated carbocycles. The molecular weight excluding hydrogens is 320 g/mol. The van der Waals surface area contributed by atoms with Crippen molar-refractivity contribution >= 4 is 27.5 Å². The van der Waals surface area contributed by atoms with Crippen LogP contribution in [0.5, 0.6) is 0 Å². The molecule has 0 aliphatic carbocycles. The number of halogens is 7. The summed E-state index contributed by atoms with van der Waals surface area (Å²) in [7, 11) is 0. The minimum Gasteiger partial charge on any atom is -0.240 e. The van der Waals surface area contributed by atoms with E-state index in [4.69, 9.17) is 11.6 Å². The van der Waals surface area contributed by atoms with Crippen LogP contribution in [0.25, 0.3) is 0 Å². The molecule has 8 heteroatoms. The maximum absolute atomic E-state index is 12.5. The van der Waals surface area contributed by atoms with Gasteiger partial charge in [0.1, 0.15) is 5.15 Å². The van der Waals surface area contributed by atoms with E-state index in [0.29, 0.717) is 6.07 Å². The average Bonchev–Trinajstić information content (AvgIpc) is 2.14. The number of pyridine rings is 1. The van der Waals surface area contributed by atoms with Crippen molar-refractivity contribution < 1.29 is 22.0 Å². The van der Waals surface area contributed by atoms with Gasteiger partial charge in [-0.25, -0.2) is 13.8 Å². The second-order valence-electron chi connectivity index (χ2n) is 2.78. The standard InChI is InChI=1S/C8H4BrClF5N/c9-2-4-6(7(11)12)3(8(13,14)15)1-5(10)16-4/h1,7H,2H2. The van der Waals surface area contributed by atoms with Crippen molar-refractivity contribution in [3.8, 4) is 0 Å². The van der Waals surface area contributed by atoms with Crippen molar-refractivity contribution in [2.45, 2.75) is 17.9 Å². The fraction of sp³-hybridized carbons (Fsp3) is 0.375. The maximum atomic E-state index is 12.5. The molecular formula is C8H4BrClF5N. The van der Waals surface area contributed by atoms with Gasteiger partial charge in [0, 0.05) is 5.33 Å². The Morgan fingerprint density at radius 2 is 1.94 bits per heavy atom. The molecule has 1 nitrogen and oxygen atoms in total. The fourth-order valence-electron chi connectivity index (χ4n) is 1.15. The SMILES string of the molecule is FC(F)c1c(C(F)(F)F)cc(Cl)nc1CBr. The third-order valence-corrected chi connectivity index (χ3v) is 2.48. The van der Waals surface area contributed by atoms with Gasteiger partial charge in [0.05, 0.1) is 16.8 Å². The molecule has 0 bridgehead atoms. The van der Waals surface area contributed by atoms with E-state index < -0.39 is 34.6 Å². The lowest BCUT2D eigenvalue weighted by Crippen LogP contribution is -2.13. The van der Waals surface area contributed by atoms with Gasteiger partial charge in [0.15, 0.2) is 0 Å². The highest BCUT2D eigenvalue weighted by atomic mass is 79.9. The molecule has 16 heavy (non-hydrogen) atoms. The zero-order chi connectivity index (χ0) is 12.5. The van der Waals surface area contributed by atoms with Crippen LogP contribution in [0.2, 0.25) is 5.15 Å². The largest absolute Gasteiger partial charge is 0.417 e. The minimum absolute atomic E-state index is 0.226. The summed E-state index contributed by atoms with van der Waals surface area (Å²) in [5.41, 5.74) is -2.99. The van der Waals surface area contributed by atoms with Crippen LogP contribution in [-0.4, -0.2) is 4.98 Å². The fourth-order valence-corrected chi connectivity index (χ4v) is 1.79. The van der Waals surface area contributed by atoms with Crippen LogP contribution in [0.4, 0.5) is 22.0 Å². The lowest BCUT2D eigenvalue weighted by atomic mass is 10.1. The summed E-state index contributed by atoms with van der Waals surface area (Å²) in [6.45, 7) is 0. The number of rotatable bonds is 2. The highest BCUT2D eigenvalue weighted by Gasteiger charge is 2.37. The van der Waals surface area contributed by atoms with Gasteiger partial charge in [-0.3, -0.25) is 0 Å². The van der Waals surface area contributed by atoms with Gasteiger partial charge < -0.3 is 0 Å². The normalized spacial score (nSPS) is 12.2. The second kappa shape index (κ2) is 4.83. The quantitative estimate of drug-likeness (QED) is 0.440. The molecule has 0 spiro atoms. The van der Waals surface area contributed by atoms with Crippen molar-refractivity contribution in [1.82, 2.24) is 4.98 Å². The Kier molecular flexibility index (Phi) is 4.12. The molecule has 0 radical (unpaired) electrons. The van der Waals surface area contributed by atoms with E-state index in [9.17, 15) is 22.0 Å². The van der Waals surface area contributed by atoms with Crippen LogP contribution in [0, 0.1) is 0 Å². The highest BCUT2D eigenvalue weighted by molar-refractivity contribution is 9.08. The Morgan fingerprint density at radius 1 is 1.38 bits per heavy atom. The molecule has 1 aromatic heterocycles. The second-order valence-corrected chi connectivity index (χ2v) is 3.73. The van der Waals surface area contributed by atoms with Crippen molar-refractivity contribution in [3.63, 3.8) is 0 Å². The van der Waals surface area contributed by atoms with Crippen LogP contribution in [0.3, 0.4) is 0 Å². The number of hydrogen-bond donors (Lipinski definition) is 0. The number of hydrogen-bond acceptors (Lipinski definition) is 1. The number of nitrogens with zero attached hydrogens (tertiary/aromatic N) is 1. The van der Waals surface area contributed by atoms with Crippen molar-refractivity contribution in [2.75, 3.05) is 0 Å². The first-order chi connectivity index (χ1) is 7.27. The topological polar surface area (TPSA) is 12.9 Å². The summed E-state index contributed by atoms with van der Waals surface area (Å²) in [4.78, 5) is 3.43. The predicted octanol–water partition coefficient (Wildman–Crippen LogP) is 4.59. The summed E-state index contributed by atoms with van der Waals surface area (Å²) in [5, 5.41) is -0.692. The van der Waals surface area contributed by atoms with Crippen LogP contribution in [0.15, 0.2) is 6.07 Å². The molecule has 0 fully saturated rings. The molecule has 0 atom stereocenters. The molecule has 0 unspecified atom stereocenters. The molecule has 0 aliphatic heterocycles. The van der Waals surface area contributed by atoms with E-state index in [-0.39, 0.29) is 5.33 Å². The van der Waals surface area contributed by atoms with Gasteiger partial charge in [0.2, 0.25) is 0 Å². The lowest BCUT2D eigenvalue weighted by Gasteiger charge is -2.15. The van der Waals surface area contributed by atoms with E-state index in [0.717, 1.165) is 0 Å². The molecule has 0 N–H and O–H groups in total. The first-order valence-electron chi connectivity index (χ1n) is 3.88. The van der Waals surface area contributed by atoms with E-state index in [1.54, 1.807) is 0 Å². The summed E-state index contributed by atoms with van der Waals surface area (Å²) >= 11 is 8.12. The zero-order valence-electron chi connectivity index (χ0n) is 7.45. The first-order valence-corrected chi connectivity index (χ1v) is 5.38. The zero-order valence-corrected chi connectivity index (χ0v) is 9.80. The highest BCUT2D eigenvalue weighted by Crippen LogP contribution is 2.39. The molecule has 1 rings (SSSR count). The molecule has 90 valence electrons. The van der Waals surface area contributed by atoms with Gasteiger partial charge in [-0.2, -0.15) is 13.2 Å². The number of alkyl halides is 6. The van der Waals surface area contributed by atoms with Gasteiger partial charge >= 0.3 is 6.18 Å². The van der Waals surface area contributed by atoms with Crippen molar-refractivity contribution in [3.05, 3.63) is 28.0 Å². The molecule has 1 aromatic rings. The minimum atomic E-state index is -4.88. The summed E-state index contributed by atoms with van der Waals surface area (Å²) in [6.07, 6.45) is -8.14.